The van der Waals surface area contributed by atoms with Crippen LogP contribution in [-0.4, -0.2) is 12.9 Å². The van der Waals surface area contributed by atoms with Gasteiger partial charge in [0.25, 0.3) is 0 Å². The van der Waals surface area contributed by atoms with Gasteiger partial charge in [-0.1, -0.05) is 24.3 Å². The summed E-state index contributed by atoms with van der Waals surface area (Å²) in [5.74, 6) is 0.0614. The van der Waals surface area contributed by atoms with Gasteiger partial charge in [-0.25, -0.2) is 4.39 Å². The molecule has 0 saturated carbocycles. The highest BCUT2D eigenvalue weighted by Gasteiger charge is 2.38. The number of hydrogen-bond acceptors (Lipinski definition) is 4. The van der Waals surface area contributed by atoms with Crippen molar-refractivity contribution in [1.29, 1.82) is 5.26 Å². The molecule has 0 saturated heterocycles. The van der Waals surface area contributed by atoms with Crippen molar-refractivity contribution in [1.82, 2.24) is 5.32 Å². The van der Waals surface area contributed by atoms with Gasteiger partial charge in [0.2, 0.25) is 0 Å². The molecule has 4 rings (SSSR count). The van der Waals surface area contributed by atoms with Gasteiger partial charge in [-0.3, -0.25) is 4.79 Å². The fourth-order valence-corrected chi connectivity index (χ4v) is 4.29. The summed E-state index contributed by atoms with van der Waals surface area (Å²) in [6.07, 6.45) is 1.06. The average molecular weight is 388 g/mol. The predicted octanol–water partition coefficient (Wildman–Crippen LogP) is 4.72. The molecule has 0 spiro atoms. The van der Waals surface area contributed by atoms with Crippen molar-refractivity contribution in [3.8, 4) is 11.8 Å². The van der Waals surface area contributed by atoms with Crippen LogP contribution in [0.5, 0.6) is 5.75 Å². The highest BCUT2D eigenvalue weighted by molar-refractivity contribution is 6.00. The van der Waals surface area contributed by atoms with Crippen molar-refractivity contribution in [2.24, 2.45) is 0 Å². The van der Waals surface area contributed by atoms with Gasteiger partial charge in [-0.15, -0.1) is 0 Å². The van der Waals surface area contributed by atoms with E-state index in [9.17, 15) is 14.4 Å². The van der Waals surface area contributed by atoms with E-state index in [1.807, 2.05) is 31.2 Å². The Kier molecular flexibility index (Phi) is 4.94. The predicted molar refractivity (Wildman–Crippen MR) is 108 cm³/mol. The molecule has 1 aliphatic carbocycles. The zero-order valence-electron chi connectivity index (χ0n) is 16.3. The number of nitrogens with one attached hydrogen (secondary N) is 1. The van der Waals surface area contributed by atoms with Crippen molar-refractivity contribution in [2.75, 3.05) is 7.11 Å². The van der Waals surface area contributed by atoms with Crippen LogP contribution in [0.1, 0.15) is 42.7 Å². The van der Waals surface area contributed by atoms with E-state index >= 15 is 0 Å². The average Bonchev–Trinajstić information content (AvgIpc) is 2.73. The third-order valence-electron chi connectivity index (χ3n) is 5.74. The van der Waals surface area contributed by atoms with Gasteiger partial charge < -0.3 is 10.1 Å². The second-order valence-electron chi connectivity index (χ2n) is 7.45. The molecule has 1 N–H and O–H groups in total. The fraction of sp³-hybridized carbons (Fsp3) is 0.250. The molecule has 0 bridgehead atoms. The molecule has 2 atom stereocenters. The Morgan fingerprint density at radius 1 is 1.07 bits per heavy atom. The number of allylic oxidation sites excluding steroid dienone is 4. The lowest BCUT2D eigenvalue weighted by atomic mass is 9.72. The standard InChI is InChI=1S/C24H21FN2O2/c1-14-20(13-26)23(16-3-7-18(25)8-4-16)24-21(27-14)11-17(12-22(24)28)15-5-9-19(29-2)10-6-15/h3-10,17,23,27H,11-12H2,1-2H3/t17-,23+/m0/s1. The first-order valence-electron chi connectivity index (χ1n) is 9.55. The van der Waals surface area contributed by atoms with Crippen molar-refractivity contribution in [3.05, 3.63) is 88.0 Å². The van der Waals surface area contributed by atoms with Crippen LogP contribution in [0.3, 0.4) is 0 Å². The summed E-state index contributed by atoms with van der Waals surface area (Å²) in [5.41, 5.74) is 4.57. The minimum absolute atomic E-state index is 0.0224. The molecule has 4 nitrogen and oxygen atoms in total. The maximum atomic E-state index is 13.4. The molecular weight excluding hydrogens is 367 g/mol. The number of benzene rings is 2. The number of rotatable bonds is 3. The van der Waals surface area contributed by atoms with E-state index in [0.29, 0.717) is 24.0 Å². The number of methoxy groups -OCH3 is 1. The van der Waals surface area contributed by atoms with Crippen LogP contribution in [0, 0.1) is 17.1 Å². The van der Waals surface area contributed by atoms with E-state index in [-0.39, 0.29) is 17.5 Å². The third-order valence-corrected chi connectivity index (χ3v) is 5.74. The molecule has 0 aromatic heterocycles. The van der Waals surface area contributed by atoms with Crippen LogP contribution in [0.4, 0.5) is 4.39 Å². The molecule has 0 fully saturated rings. The number of hydrogen-bond donors (Lipinski definition) is 1. The summed E-state index contributed by atoms with van der Waals surface area (Å²) >= 11 is 0. The highest BCUT2D eigenvalue weighted by atomic mass is 19.1. The van der Waals surface area contributed by atoms with Crippen LogP contribution in [-0.2, 0) is 4.79 Å². The molecule has 1 aliphatic heterocycles. The van der Waals surface area contributed by atoms with E-state index in [1.165, 1.54) is 12.1 Å². The number of dihydropyridines is 1. The smallest absolute Gasteiger partial charge is 0.162 e. The van der Waals surface area contributed by atoms with Gasteiger partial charge in [0, 0.05) is 23.4 Å². The Bertz CT molecular complexity index is 1060. The zero-order valence-corrected chi connectivity index (χ0v) is 16.3. The zero-order chi connectivity index (χ0) is 20.5. The summed E-state index contributed by atoms with van der Waals surface area (Å²) in [6.45, 7) is 1.85. The molecule has 2 aromatic rings. The van der Waals surface area contributed by atoms with Gasteiger partial charge in [0.1, 0.15) is 11.6 Å². The van der Waals surface area contributed by atoms with Gasteiger partial charge in [0.05, 0.1) is 24.7 Å². The van der Waals surface area contributed by atoms with Crippen molar-refractivity contribution < 1.29 is 13.9 Å². The molecule has 5 heteroatoms. The molecular formula is C24H21FN2O2. The minimum Gasteiger partial charge on any atom is -0.497 e. The van der Waals surface area contributed by atoms with Gasteiger partial charge in [0.15, 0.2) is 5.78 Å². The second-order valence-corrected chi connectivity index (χ2v) is 7.45. The Labute approximate surface area is 169 Å². The van der Waals surface area contributed by atoms with Crippen LogP contribution < -0.4 is 10.1 Å². The molecule has 0 unspecified atom stereocenters. The highest BCUT2D eigenvalue weighted by Crippen LogP contribution is 2.45. The van der Waals surface area contributed by atoms with Gasteiger partial charge >= 0.3 is 0 Å². The molecule has 29 heavy (non-hydrogen) atoms. The minimum atomic E-state index is -0.457. The molecule has 0 amide bonds. The molecule has 2 aliphatic rings. The number of carbonyl (C=O) groups is 1. The van der Waals surface area contributed by atoms with Crippen LogP contribution in [0.25, 0.3) is 0 Å². The number of carbonyl (C=O) groups excluding carboxylic acids is 1. The number of nitriles is 1. The SMILES string of the molecule is COc1ccc([C@@H]2CC(=O)C3=C(C2)NC(C)=C(C#N)[C@H]3c2ccc(F)cc2)cc1. The number of ketones is 1. The number of Topliss-reactive ketones (excluding diaryl/α,β-unsaturated/α-hetero) is 1. The maximum absolute atomic E-state index is 13.4. The van der Waals surface area contributed by atoms with Crippen molar-refractivity contribution >= 4 is 5.78 Å². The summed E-state index contributed by atoms with van der Waals surface area (Å²) < 4.78 is 18.7. The monoisotopic (exact) mass is 388 g/mol. The Morgan fingerprint density at radius 3 is 2.34 bits per heavy atom. The molecule has 1 heterocycles. The van der Waals surface area contributed by atoms with Gasteiger partial charge in [-0.2, -0.15) is 5.26 Å². The lowest BCUT2D eigenvalue weighted by Crippen LogP contribution is -2.33. The van der Waals surface area contributed by atoms with E-state index in [4.69, 9.17) is 4.74 Å². The van der Waals surface area contributed by atoms with Crippen molar-refractivity contribution in [3.63, 3.8) is 0 Å². The normalized spacial score (nSPS) is 21.4. The van der Waals surface area contributed by atoms with Crippen LogP contribution in [0.2, 0.25) is 0 Å². The van der Waals surface area contributed by atoms with E-state index < -0.39 is 5.92 Å². The number of halogens is 1. The fourth-order valence-electron chi connectivity index (χ4n) is 4.29. The summed E-state index contributed by atoms with van der Waals surface area (Å²) in [7, 11) is 1.62. The lowest BCUT2D eigenvalue weighted by molar-refractivity contribution is -0.116. The first kappa shape index (κ1) is 18.9. The van der Waals surface area contributed by atoms with Crippen LogP contribution in [0.15, 0.2) is 71.1 Å². The van der Waals surface area contributed by atoms with Crippen molar-refractivity contribution in [2.45, 2.75) is 31.6 Å². The number of ether oxygens (including phenoxy) is 1. The van der Waals surface area contributed by atoms with E-state index in [0.717, 1.165) is 28.3 Å². The summed E-state index contributed by atoms with van der Waals surface area (Å²) in [6, 6.07) is 16.1. The second kappa shape index (κ2) is 7.56. The van der Waals surface area contributed by atoms with Crippen LogP contribution >= 0.6 is 0 Å². The Morgan fingerprint density at radius 2 is 1.72 bits per heavy atom. The molecule has 146 valence electrons. The van der Waals surface area contributed by atoms with E-state index in [2.05, 4.69) is 11.4 Å². The largest absolute Gasteiger partial charge is 0.497 e. The first-order valence-corrected chi connectivity index (χ1v) is 9.55. The summed E-state index contributed by atoms with van der Waals surface area (Å²) in [5, 5.41) is 13.0. The molecule has 0 radical (unpaired) electrons. The topological polar surface area (TPSA) is 62.1 Å². The maximum Gasteiger partial charge on any atom is 0.162 e. The van der Waals surface area contributed by atoms with E-state index in [1.54, 1.807) is 19.2 Å². The Balaban J connectivity index is 1.74. The first-order chi connectivity index (χ1) is 14.0. The quantitative estimate of drug-likeness (QED) is 0.826. The number of nitrogens with zero attached hydrogens (tertiary/aromatic N) is 1. The summed E-state index contributed by atoms with van der Waals surface area (Å²) in [4.78, 5) is 13.2. The Hall–Kier alpha value is -3.39. The van der Waals surface area contributed by atoms with Gasteiger partial charge in [-0.05, 0) is 54.7 Å². The molecule has 2 aromatic carbocycles. The third kappa shape index (κ3) is 3.42. The lowest BCUT2D eigenvalue weighted by Gasteiger charge is -2.35.